The molecule has 1 aromatic carbocycles. The Hall–Kier alpha value is -2.08. The maximum Gasteiger partial charge on any atom is 0.303 e. The summed E-state index contributed by atoms with van der Waals surface area (Å²) in [5.74, 6) is -0.277. The number of unbranched alkanes of at least 4 members (excludes halogenated alkanes) is 1. The van der Waals surface area contributed by atoms with Gasteiger partial charge >= 0.3 is 5.97 Å². The molecule has 0 saturated carbocycles. The smallest absolute Gasteiger partial charge is 0.303 e. The van der Waals surface area contributed by atoms with Crippen molar-refractivity contribution in [3.8, 4) is 5.75 Å². The number of carboxylic acid groups (broad SMARTS) is 1. The van der Waals surface area contributed by atoms with Gasteiger partial charge in [0.2, 0.25) is 0 Å². The lowest BCUT2D eigenvalue weighted by Crippen LogP contribution is -2.21. The monoisotopic (exact) mass is 321 g/mol. The summed E-state index contributed by atoms with van der Waals surface area (Å²) in [5, 5.41) is 9.55. The summed E-state index contributed by atoms with van der Waals surface area (Å²) < 4.78 is 6.82. The highest BCUT2D eigenvalue weighted by Crippen LogP contribution is 2.38. The minimum Gasteiger partial charge on any atom is -0.491 e. The fourth-order valence-corrected chi connectivity index (χ4v) is 3.23. The van der Waals surface area contributed by atoms with Crippen LogP contribution in [0.15, 0.2) is 24.3 Å². The summed E-state index contributed by atoms with van der Waals surface area (Å²) in [4.78, 5) is 24.9. The van der Waals surface area contributed by atoms with Crippen molar-refractivity contribution in [3.05, 3.63) is 29.1 Å². The highest BCUT2D eigenvalue weighted by molar-refractivity contribution is 7.21. The van der Waals surface area contributed by atoms with Gasteiger partial charge in [-0.1, -0.05) is 12.1 Å². The third kappa shape index (κ3) is 3.76. The van der Waals surface area contributed by atoms with Crippen LogP contribution in [0.1, 0.15) is 28.9 Å². The number of ether oxygens (including phenoxy) is 1. The molecule has 0 radical (unpaired) electrons. The molecule has 22 heavy (non-hydrogen) atoms. The van der Waals surface area contributed by atoms with Crippen LogP contribution in [-0.4, -0.2) is 42.6 Å². The number of aliphatic carboxylic acids is 1. The third-order valence-corrected chi connectivity index (χ3v) is 4.32. The van der Waals surface area contributed by atoms with E-state index in [0.29, 0.717) is 30.1 Å². The van der Waals surface area contributed by atoms with Gasteiger partial charge in [0.25, 0.3) is 5.91 Å². The molecular weight excluding hydrogens is 302 g/mol. The van der Waals surface area contributed by atoms with Crippen LogP contribution in [0, 0.1) is 0 Å². The minimum atomic E-state index is -0.801. The first-order chi connectivity index (χ1) is 10.5. The summed E-state index contributed by atoms with van der Waals surface area (Å²) in [7, 11) is 3.42. The molecule has 0 bridgehead atoms. The van der Waals surface area contributed by atoms with Crippen LogP contribution in [0.2, 0.25) is 0 Å². The average Bonchev–Trinajstić information content (AvgIpc) is 2.84. The molecule has 0 atom stereocenters. The van der Waals surface area contributed by atoms with Gasteiger partial charge in [-0.3, -0.25) is 9.59 Å². The first kappa shape index (κ1) is 16.3. The summed E-state index contributed by atoms with van der Waals surface area (Å²) in [5.41, 5.74) is 0. The number of carboxylic acids is 1. The second-order valence-electron chi connectivity index (χ2n) is 5.16. The summed E-state index contributed by atoms with van der Waals surface area (Å²) in [6.45, 7) is 0.404. The normalized spacial score (nSPS) is 10.6. The van der Waals surface area contributed by atoms with Crippen molar-refractivity contribution >= 4 is 33.3 Å². The van der Waals surface area contributed by atoms with Crippen molar-refractivity contribution < 1.29 is 19.4 Å². The van der Waals surface area contributed by atoms with Gasteiger partial charge in [0, 0.05) is 30.6 Å². The molecule has 5 nitrogen and oxygen atoms in total. The lowest BCUT2D eigenvalue weighted by atomic mass is 10.2. The summed E-state index contributed by atoms with van der Waals surface area (Å²) in [6.07, 6.45) is 1.34. The van der Waals surface area contributed by atoms with E-state index >= 15 is 0 Å². The largest absolute Gasteiger partial charge is 0.491 e. The topological polar surface area (TPSA) is 66.8 Å². The number of rotatable bonds is 7. The van der Waals surface area contributed by atoms with E-state index in [2.05, 4.69) is 0 Å². The van der Waals surface area contributed by atoms with E-state index in [1.54, 1.807) is 14.1 Å². The van der Waals surface area contributed by atoms with Crippen molar-refractivity contribution in [3.63, 3.8) is 0 Å². The van der Waals surface area contributed by atoms with Crippen LogP contribution in [0.25, 0.3) is 10.1 Å². The van der Waals surface area contributed by atoms with E-state index in [0.717, 1.165) is 10.1 Å². The number of benzene rings is 1. The Morgan fingerprint density at radius 2 is 1.95 bits per heavy atom. The van der Waals surface area contributed by atoms with Crippen LogP contribution in [0.5, 0.6) is 5.75 Å². The van der Waals surface area contributed by atoms with Crippen LogP contribution in [0.4, 0.5) is 0 Å². The fourth-order valence-electron chi connectivity index (χ4n) is 2.06. The number of thiophene rings is 1. The quantitative estimate of drug-likeness (QED) is 0.795. The van der Waals surface area contributed by atoms with E-state index < -0.39 is 5.97 Å². The minimum absolute atomic E-state index is 0.0817. The van der Waals surface area contributed by atoms with E-state index in [9.17, 15) is 9.59 Å². The summed E-state index contributed by atoms with van der Waals surface area (Å²) >= 11 is 1.42. The molecule has 6 heteroatoms. The Balaban J connectivity index is 2.17. The number of carbonyl (C=O) groups is 2. The van der Waals surface area contributed by atoms with Crippen molar-refractivity contribution in [2.75, 3.05) is 20.7 Å². The molecule has 1 heterocycles. The number of amides is 1. The van der Waals surface area contributed by atoms with Gasteiger partial charge in [-0.05, 0) is 25.0 Å². The molecule has 0 saturated heterocycles. The highest BCUT2D eigenvalue weighted by atomic mass is 32.1. The van der Waals surface area contributed by atoms with Gasteiger partial charge < -0.3 is 14.7 Å². The molecule has 0 aliphatic rings. The maximum atomic E-state index is 12.3. The molecule has 0 aliphatic carbocycles. The van der Waals surface area contributed by atoms with Crippen LogP contribution in [0.3, 0.4) is 0 Å². The van der Waals surface area contributed by atoms with Gasteiger partial charge in [0.05, 0.1) is 6.61 Å². The van der Waals surface area contributed by atoms with E-state index in [1.807, 2.05) is 24.3 Å². The van der Waals surface area contributed by atoms with Gasteiger partial charge in [-0.15, -0.1) is 11.3 Å². The molecule has 0 unspecified atom stereocenters. The first-order valence-electron chi connectivity index (χ1n) is 7.08. The van der Waals surface area contributed by atoms with Crippen molar-refractivity contribution in [2.45, 2.75) is 19.3 Å². The zero-order chi connectivity index (χ0) is 16.1. The van der Waals surface area contributed by atoms with Gasteiger partial charge in [0.15, 0.2) is 5.75 Å². The molecule has 118 valence electrons. The highest BCUT2D eigenvalue weighted by Gasteiger charge is 2.20. The molecule has 1 N–H and O–H groups in total. The fraction of sp³-hybridized carbons (Fsp3) is 0.375. The Labute approximate surface area is 133 Å². The number of nitrogens with zero attached hydrogens (tertiary/aromatic N) is 1. The first-order valence-corrected chi connectivity index (χ1v) is 7.90. The van der Waals surface area contributed by atoms with Gasteiger partial charge in [-0.25, -0.2) is 0 Å². The number of hydrogen-bond donors (Lipinski definition) is 1. The van der Waals surface area contributed by atoms with E-state index in [1.165, 1.54) is 16.2 Å². The zero-order valence-corrected chi connectivity index (χ0v) is 13.5. The van der Waals surface area contributed by atoms with Crippen LogP contribution >= 0.6 is 11.3 Å². The predicted octanol–water partition coefficient (Wildman–Crippen LogP) is 3.24. The Kier molecular flexibility index (Phi) is 5.38. The van der Waals surface area contributed by atoms with Crippen LogP contribution < -0.4 is 4.74 Å². The SMILES string of the molecule is CN(C)C(=O)c1sc2ccccc2c1OCCCCC(=O)O. The maximum absolute atomic E-state index is 12.3. The molecule has 0 aliphatic heterocycles. The zero-order valence-electron chi connectivity index (χ0n) is 12.7. The van der Waals surface area contributed by atoms with Crippen molar-refractivity contribution in [2.24, 2.45) is 0 Å². The number of carbonyl (C=O) groups excluding carboxylic acids is 1. The Morgan fingerprint density at radius 3 is 2.64 bits per heavy atom. The van der Waals surface area contributed by atoms with Crippen molar-refractivity contribution in [1.82, 2.24) is 4.90 Å². The molecule has 0 fully saturated rings. The molecule has 2 rings (SSSR count). The lowest BCUT2D eigenvalue weighted by Gasteiger charge is -2.11. The molecule has 1 amide bonds. The number of fused-ring (bicyclic) bond motifs is 1. The van der Waals surface area contributed by atoms with Gasteiger partial charge in [0.1, 0.15) is 4.88 Å². The number of hydrogen-bond acceptors (Lipinski definition) is 4. The third-order valence-electron chi connectivity index (χ3n) is 3.18. The molecule has 0 spiro atoms. The van der Waals surface area contributed by atoms with Crippen LogP contribution in [-0.2, 0) is 4.79 Å². The second kappa shape index (κ2) is 7.26. The van der Waals surface area contributed by atoms with Gasteiger partial charge in [-0.2, -0.15) is 0 Å². The molecule has 1 aromatic heterocycles. The van der Waals surface area contributed by atoms with E-state index in [4.69, 9.17) is 9.84 Å². The second-order valence-corrected chi connectivity index (χ2v) is 6.21. The molecular formula is C16H19NO4S. The lowest BCUT2D eigenvalue weighted by molar-refractivity contribution is -0.137. The average molecular weight is 321 g/mol. The van der Waals surface area contributed by atoms with Crippen molar-refractivity contribution in [1.29, 1.82) is 0 Å². The standard InChI is InChI=1S/C16H19NO4S/c1-17(2)16(20)15-14(21-10-6-5-9-13(18)19)11-7-3-4-8-12(11)22-15/h3-4,7-8H,5-6,9-10H2,1-2H3,(H,18,19). The Bertz CT molecular complexity index is 678. The predicted molar refractivity (Wildman–Crippen MR) is 86.8 cm³/mol. The summed E-state index contributed by atoms with van der Waals surface area (Å²) in [6, 6.07) is 7.74. The Morgan fingerprint density at radius 1 is 1.23 bits per heavy atom. The molecule has 2 aromatic rings. The van der Waals surface area contributed by atoms with E-state index in [-0.39, 0.29) is 12.3 Å².